The number of benzene rings is 1. The van der Waals surface area contributed by atoms with Crippen molar-refractivity contribution in [1.82, 2.24) is 15.1 Å². The van der Waals surface area contributed by atoms with Crippen LogP contribution in [0.15, 0.2) is 35.7 Å². The number of rotatable bonds is 9. The zero-order valence-corrected chi connectivity index (χ0v) is 18.4. The Bertz CT molecular complexity index is 833. The molecule has 0 bridgehead atoms. The number of hydrogen-bond donors (Lipinski definition) is 1. The molecule has 0 saturated carbocycles. The van der Waals surface area contributed by atoms with Crippen LogP contribution >= 0.6 is 11.3 Å². The Kier molecular flexibility index (Phi) is 8.10. The Labute approximate surface area is 181 Å². The summed E-state index contributed by atoms with van der Waals surface area (Å²) in [5.41, 5.74) is 0.440. The summed E-state index contributed by atoms with van der Waals surface area (Å²) in [5.74, 6) is 0.770. The molecule has 8 heteroatoms. The molecule has 1 N–H and O–H groups in total. The van der Waals surface area contributed by atoms with Gasteiger partial charge < -0.3 is 19.7 Å². The summed E-state index contributed by atoms with van der Waals surface area (Å²) in [6.45, 7) is 8.71. The average molecular weight is 432 g/mol. The van der Waals surface area contributed by atoms with Crippen LogP contribution in [0.4, 0.5) is 0 Å². The molecule has 0 unspecified atom stereocenters. The van der Waals surface area contributed by atoms with E-state index in [1.54, 1.807) is 29.5 Å². The topological polar surface area (TPSA) is 71.1 Å². The third-order valence-corrected chi connectivity index (χ3v) is 5.75. The van der Waals surface area contributed by atoms with Gasteiger partial charge in [-0.05, 0) is 43.5 Å². The molecule has 0 spiro atoms. The van der Waals surface area contributed by atoms with Gasteiger partial charge >= 0.3 is 0 Å². The molecule has 30 heavy (non-hydrogen) atoms. The molecule has 0 atom stereocenters. The van der Waals surface area contributed by atoms with Crippen LogP contribution < -0.4 is 14.8 Å². The van der Waals surface area contributed by atoms with Gasteiger partial charge in [-0.3, -0.25) is 14.5 Å². The van der Waals surface area contributed by atoms with Gasteiger partial charge in [0.15, 0.2) is 11.5 Å². The molecule has 1 aromatic heterocycles. The quantitative estimate of drug-likeness (QED) is 0.661. The van der Waals surface area contributed by atoms with E-state index in [1.165, 1.54) is 4.88 Å². The molecular weight excluding hydrogens is 402 g/mol. The lowest BCUT2D eigenvalue weighted by Crippen LogP contribution is -2.50. The van der Waals surface area contributed by atoms with Crippen molar-refractivity contribution in [3.8, 4) is 11.5 Å². The highest BCUT2D eigenvalue weighted by atomic mass is 32.1. The standard InChI is InChI=1S/C22H29N3O4S/c1-3-28-19-8-7-17(14-20(19)29-4-2)22(27)23-15-21(26)25-11-9-24(10-12-25)16-18-6-5-13-30-18/h5-8,13-14H,3-4,9-12,15-16H2,1-2H3,(H,23,27). The number of carbonyl (C=O) groups is 2. The minimum atomic E-state index is -0.302. The average Bonchev–Trinajstić information content (AvgIpc) is 3.27. The number of piperazine rings is 1. The first-order chi connectivity index (χ1) is 14.6. The lowest BCUT2D eigenvalue weighted by atomic mass is 10.2. The maximum Gasteiger partial charge on any atom is 0.251 e. The third-order valence-electron chi connectivity index (χ3n) is 4.89. The lowest BCUT2D eigenvalue weighted by Gasteiger charge is -2.34. The van der Waals surface area contributed by atoms with Gasteiger partial charge in [0, 0.05) is 43.2 Å². The number of thiophene rings is 1. The minimum absolute atomic E-state index is 0.0130. The third kappa shape index (κ3) is 5.96. The Hall–Kier alpha value is -2.58. The highest BCUT2D eigenvalue weighted by Crippen LogP contribution is 2.28. The van der Waals surface area contributed by atoms with Crippen molar-refractivity contribution in [2.75, 3.05) is 45.9 Å². The fourth-order valence-corrected chi connectivity index (χ4v) is 4.09. The van der Waals surface area contributed by atoms with Crippen LogP contribution in [0.3, 0.4) is 0 Å². The molecule has 7 nitrogen and oxygen atoms in total. The smallest absolute Gasteiger partial charge is 0.251 e. The van der Waals surface area contributed by atoms with Crippen molar-refractivity contribution >= 4 is 23.2 Å². The van der Waals surface area contributed by atoms with Crippen LogP contribution in [0, 0.1) is 0 Å². The second kappa shape index (κ2) is 11.0. The van der Waals surface area contributed by atoms with Gasteiger partial charge in [-0.15, -0.1) is 11.3 Å². The summed E-state index contributed by atoms with van der Waals surface area (Å²) in [6.07, 6.45) is 0. The number of ether oxygens (including phenoxy) is 2. The summed E-state index contributed by atoms with van der Waals surface area (Å²) in [4.78, 5) is 30.5. The predicted molar refractivity (Wildman–Crippen MR) is 117 cm³/mol. The first kappa shape index (κ1) is 22.1. The summed E-state index contributed by atoms with van der Waals surface area (Å²) in [5, 5.41) is 4.81. The fourth-order valence-electron chi connectivity index (χ4n) is 3.34. The SMILES string of the molecule is CCOc1ccc(C(=O)NCC(=O)N2CCN(Cc3cccs3)CC2)cc1OCC. The zero-order valence-electron chi connectivity index (χ0n) is 17.6. The number of nitrogens with zero attached hydrogens (tertiary/aromatic N) is 2. The number of amides is 2. The van der Waals surface area contributed by atoms with Crippen molar-refractivity contribution in [2.24, 2.45) is 0 Å². The van der Waals surface area contributed by atoms with Crippen LogP contribution in [-0.4, -0.2) is 67.6 Å². The Morgan fingerprint density at radius 1 is 1.03 bits per heavy atom. The van der Waals surface area contributed by atoms with Gasteiger partial charge in [0.25, 0.3) is 5.91 Å². The van der Waals surface area contributed by atoms with Crippen molar-refractivity contribution < 1.29 is 19.1 Å². The van der Waals surface area contributed by atoms with E-state index in [4.69, 9.17) is 9.47 Å². The van der Waals surface area contributed by atoms with Crippen molar-refractivity contribution in [1.29, 1.82) is 0 Å². The molecule has 3 rings (SSSR count). The van der Waals surface area contributed by atoms with Crippen LogP contribution in [0.1, 0.15) is 29.1 Å². The van der Waals surface area contributed by atoms with Crippen molar-refractivity contribution in [3.63, 3.8) is 0 Å². The highest BCUT2D eigenvalue weighted by Gasteiger charge is 2.22. The second-order valence-electron chi connectivity index (χ2n) is 6.95. The van der Waals surface area contributed by atoms with E-state index in [9.17, 15) is 9.59 Å². The van der Waals surface area contributed by atoms with Crippen molar-refractivity contribution in [3.05, 3.63) is 46.2 Å². The first-order valence-corrected chi connectivity index (χ1v) is 11.2. The van der Waals surface area contributed by atoms with E-state index < -0.39 is 0 Å². The normalized spacial score (nSPS) is 14.4. The number of carbonyl (C=O) groups excluding carboxylic acids is 2. The molecule has 1 aliphatic rings. The van der Waals surface area contributed by atoms with Crippen LogP contribution in [0.25, 0.3) is 0 Å². The summed E-state index contributed by atoms with van der Waals surface area (Å²) in [6, 6.07) is 9.24. The van der Waals surface area contributed by atoms with E-state index in [1.807, 2.05) is 18.7 Å². The van der Waals surface area contributed by atoms with Gasteiger partial charge in [-0.25, -0.2) is 0 Å². The number of nitrogens with one attached hydrogen (secondary N) is 1. The molecule has 2 aromatic rings. The van der Waals surface area contributed by atoms with E-state index in [0.717, 1.165) is 19.6 Å². The molecule has 2 amide bonds. The van der Waals surface area contributed by atoms with E-state index >= 15 is 0 Å². The Balaban J connectivity index is 1.47. The summed E-state index contributed by atoms with van der Waals surface area (Å²) in [7, 11) is 0. The molecular formula is C22H29N3O4S. The first-order valence-electron chi connectivity index (χ1n) is 10.3. The molecule has 1 aliphatic heterocycles. The molecule has 1 fully saturated rings. The van der Waals surface area contributed by atoms with Crippen LogP contribution in [-0.2, 0) is 11.3 Å². The molecule has 0 aliphatic carbocycles. The van der Waals surface area contributed by atoms with Crippen LogP contribution in [0.2, 0.25) is 0 Å². The van der Waals surface area contributed by atoms with E-state index in [2.05, 4.69) is 27.7 Å². The highest BCUT2D eigenvalue weighted by molar-refractivity contribution is 7.09. The lowest BCUT2D eigenvalue weighted by molar-refractivity contribution is -0.131. The Morgan fingerprint density at radius 2 is 1.77 bits per heavy atom. The van der Waals surface area contributed by atoms with E-state index in [0.29, 0.717) is 43.4 Å². The van der Waals surface area contributed by atoms with Gasteiger partial charge in [-0.1, -0.05) is 6.07 Å². The van der Waals surface area contributed by atoms with Gasteiger partial charge in [-0.2, -0.15) is 0 Å². The molecule has 1 aromatic carbocycles. The fraction of sp³-hybridized carbons (Fsp3) is 0.455. The predicted octanol–water partition coefficient (Wildman–Crippen LogP) is 2.62. The van der Waals surface area contributed by atoms with Crippen molar-refractivity contribution in [2.45, 2.75) is 20.4 Å². The molecule has 0 radical (unpaired) electrons. The monoisotopic (exact) mass is 431 g/mol. The molecule has 2 heterocycles. The van der Waals surface area contributed by atoms with Gasteiger partial charge in [0.2, 0.25) is 5.91 Å². The largest absolute Gasteiger partial charge is 0.490 e. The summed E-state index contributed by atoms with van der Waals surface area (Å²) >= 11 is 1.75. The summed E-state index contributed by atoms with van der Waals surface area (Å²) < 4.78 is 11.1. The molecule has 1 saturated heterocycles. The minimum Gasteiger partial charge on any atom is -0.490 e. The maximum absolute atomic E-state index is 12.5. The van der Waals surface area contributed by atoms with Crippen LogP contribution in [0.5, 0.6) is 11.5 Å². The number of hydrogen-bond acceptors (Lipinski definition) is 6. The molecule has 162 valence electrons. The zero-order chi connectivity index (χ0) is 21.3. The second-order valence-corrected chi connectivity index (χ2v) is 7.98. The Morgan fingerprint density at radius 3 is 2.43 bits per heavy atom. The van der Waals surface area contributed by atoms with Gasteiger partial charge in [0.05, 0.1) is 19.8 Å². The van der Waals surface area contributed by atoms with Gasteiger partial charge in [0.1, 0.15) is 0 Å². The maximum atomic E-state index is 12.5. The van der Waals surface area contributed by atoms with E-state index in [-0.39, 0.29) is 18.4 Å².